The molecule has 4 rings (SSSR count). The first-order valence-corrected chi connectivity index (χ1v) is 7.38. The lowest BCUT2D eigenvalue weighted by molar-refractivity contribution is 1.81. The number of hydrogen-bond acceptors (Lipinski definition) is 2. The summed E-state index contributed by atoms with van der Waals surface area (Å²) in [6.07, 6.45) is 0. The predicted octanol–water partition coefficient (Wildman–Crippen LogP) is 5.27. The number of hydrogen-bond donors (Lipinski definition) is 0. The van der Waals surface area contributed by atoms with Gasteiger partial charge in [-0.2, -0.15) is 0 Å². The van der Waals surface area contributed by atoms with Gasteiger partial charge in [-0.25, -0.2) is 0 Å². The summed E-state index contributed by atoms with van der Waals surface area (Å²) in [5, 5.41) is 5.56. The van der Waals surface area contributed by atoms with Crippen LogP contribution >= 0.6 is 20.7 Å². The monoisotopic (exact) mass is 240 g/mol. The normalized spacial score (nSPS) is 11.8. The van der Waals surface area contributed by atoms with E-state index in [9.17, 15) is 0 Å². The highest BCUT2D eigenvalue weighted by Crippen LogP contribution is 2.43. The Morgan fingerprint density at radius 1 is 0.500 bits per heavy atom. The highest BCUT2D eigenvalue weighted by Gasteiger charge is 2.10. The number of rotatable bonds is 0. The quantitative estimate of drug-likeness (QED) is 0.290. The topological polar surface area (TPSA) is 0 Å². The van der Waals surface area contributed by atoms with Gasteiger partial charge in [-0.05, 0) is 10.8 Å². The van der Waals surface area contributed by atoms with Gasteiger partial charge in [0.15, 0.2) is 0 Å². The minimum atomic E-state index is 1.38. The zero-order valence-corrected chi connectivity index (χ0v) is 10.1. The molecule has 2 heteroatoms. The van der Waals surface area contributed by atoms with Crippen LogP contribution in [0.5, 0.6) is 0 Å². The van der Waals surface area contributed by atoms with Gasteiger partial charge in [0.05, 0.1) is 9.40 Å². The Kier molecular flexibility index (Phi) is 1.67. The van der Waals surface area contributed by atoms with Gasteiger partial charge in [0.1, 0.15) is 0 Å². The molecule has 1 heterocycles. The van der Waals surface area contributed by atoms with Crippen LogP contribution in [0.3, 0.4) is 0 Å². The predicted molar refractivity (Wildman–Crippen MR) is 74.7 cm³/mol. The largest absolute Gasteiger partial charge is 0.0778 e. The van der Waals surface area contributed by atoms with Crippen LogP contribution in [0.4, 0.5) is 0 Å². The number of benzene rings is 3. The second-order valence-corrected chi connectivity index (χ2v) is 6.07. The summed E-state index contributed by atoms with van der Waals surface area (Å²) in [5.41, 5.74) is 0. The van der Waals surface area contributed by atoms with Gasteiger partial charge in [0, 0.05) is 10.8 Å². The third kappa shape index (κ3) is 0.984. The first-order valence-electron chi connectivity index (χ1n) is 5.23. The van der Waals surface area contributed by atoms with Gasteiger partial charge < -0.3 is 0 Å². The lowest BCUT2D eigenvalue weighted by Crippen LogP contribution is -1.80. The molecular formula is C14H8S2. The maximum atomic E-state index is 2.23. The molecule has 0 bridgehead atoms. The first kappa shape index (κ1) is 8.74. The van der Waals surface area contributed by atoms with E-state index in [0.29, 0.717) is 0 Å². The molecule has 0 radical (unpaired) electrons. The maximum absolute atomic E-state index is 2.23. The molecule has 0 amide bonds. The fourth-order valence-electron chi connectivity index (χ4n) is 2.29. The van der Waals surface area contributed by atoms with Crippen LogP contribution in [0.15, 0.2) is 48.5 Å². The Labute approximate surface area is 100 Å². The minimum Gasteiger partial charge on any atom is -0.0778 e. The van der Waals surface area contributed by atoms with Crippen LogP contribution in [-0.4, -0.2) is 0 Å². The van der Waals surface area contributed by atoms with Crippen LogP contribution in [0, 0.1) is 0 Å². The summed E-state index contributed by atoms with van der Waals surface area (Å²) in [7, 11) is 3.78. The fourth-order valence-corrected chi connectivity index (χ4v) is 4.59. The number of fused-ring (bicyclic) bond motifs is 6. The molecule has 4 aromatic rings. The first-order chi connectivity index (χ1) is 7.95. The molecular weight excluding hydrogens is 232 g/mol. The SMILES string of the molecule is c1ccc2c(c1)c1ccccc1c1ssc21. The molecule has 16 heavy (non-hydrogen) atoms. The van der Waals surface area contributed by atoms with Crippen molar-refractivity contribution in [3.8, 4) is 0 Å². The molecule has 0 aliphatic carbocycles. The van der Waals surface area contributed by atoms with E-state index < -0.39 is 0 Å². The Bertz CT molecular complexity index is 736. The van der Waals surface area contributed by atoms with Crippen molar-refractivity contribution >= 4 is 51.6 Å². The van der Waals surface area contributed by atoms with Crippen molar-refractivity contribution < 1.29 is 0 Å². The molecule has 0 unspecified atom stereocenters. The van der Waals surface area contributed by atoms with Crippen LogP contribution in [0.2, 0.25) is 0 Å². The molecule has 0 fully saturated rings. The van der Waals surface area contributed by atoms with E-state index in [2.05, 4.69) is 48.5 Å². The standard InChI is InChI=1S/C14H8S2/c1-3-7-11-9(5-1)10-6-2-4-8-12(10)14-13(11)15-16-14/h1-8H. The smallest absolute Gasteiger partial charge is 0.0642 e. The molecule has 0 aliphatic heterocycles. The molecule has 0 saturated carbocycles. The average Bonchev–Trinajstić information content (AvgIpc) is 2.29. The van der Waals surface area contributed by atoms with Gasteiger partial charge in [-0.15, -0.1) is 0 Å². The molecule has 1 aromatic heterocycles. The summed E-state index contributed by atoms with van der Waals surface area (Å²) in [6.45, 7) is 0. The highest BCUT2D eigenvalue weighted by molar-refractivity contribution is 7.79. The molecule has 3 aromatic carbocycles. The molecule has 0 spiro atoms. The third-order valence-corrected chi connectivity index (χ3v) is 5.69. The Hall–Kier alpha value is -1.38. The van der Waals surface area contributed by atoms with Gasteiger partial charge >= 0.3 is 0 Å². The second kappa shape index (κ2) is 3.06. The summed E-state index contributed by atoms with van der Waals surface area (Å²) < 4.78 is 2.92. The Morgan fingerprint density at radius 3 is 1.25 bits per heavy atom. The average molecular weight is 240 g/mol. The van der Waals surface area contributed by atoms with E-state index in [1.165, 1.54) is 30.9 Å². The molecule has 76 valence electrons. The van der Waals surface area contributed by atoms with Crippen LogP contribution in [0.25, 0.3) is 30.9 Å². The van der Waals surface area contributed by atoms with Gasteiger partial charge in [0.2, 0.25) is 0 Å². The summed E-state index contributed by atoms with van der Waals surface area (Å²) >= 11 is 0. The van der Waals surface area contributed by atoms with Crippen LogP contribution < -0.4 is 0 Å². The lowest BCUT2D eigenvalue weighted by atomic mass is 10.0. The van der Waals surface area contributed by atoms with E-state index in [1.807, 2.05) is 20.7 Å². The summed E-state index contributed by atoms with van der Waals surface area (Å²) in [6, 6.07) is 17.4. The van der Waals surface area contributed by atoms with E-state index in [4.69, 9.17) is 0 Å². The van der Waals surface area contributed by atoms with Gasteiger partial charge in [-0.1, -0.05) is 69.2 Å². The lowest BCUT2D eigenvalue weighted by Gasteiger charge is -2.09. The van der Waals surface area contributed by atoms with E-state index in [1.54, 1.807) is 0 Å². The highest BCUT2D eigenvalue weighted by atomic mass is 32.9. The van der Waals surface area contributed by atoms with Crippen LogP contribution in [-0.2, 0) is 0 Å². The molecule has 0 aliphatic rings. The summed E-state index contributed by atoms with van der Waals surface area (Å²) in [4.78, 5) is 0. The maximum Gasteiger partial charge on any atom is 0.0642 e. The molecule has 0 atom stereocenters. The molecule has 0 saturated heterocycles. The van der Waals surface area contributed by atoms with E-state index in [-0.39, 0.29) is 0 Å². The van der Waals surface area contributed by atoms with Gasteiger partial charge in [0.25, 0.3) is 0 Å². The summed E-state index contributed by atoms with van der Waals surface area (Å²) in [5.74, 6) is 0. The van der Waals surface area contributed by atoms with Crippen molar-refractivity contribution in [3.63, 3.8) is 0 Å². The Morgan fingerprint density at radius 2 is 0.875 bits per heavy atom. The third-order valence-electron chi connectivity index (χ3n) is 3.05. The molecule has 0 nitrogen and oxygen atoms in total. The van der Waals surface area contributed by atoms with Gasteiger partial charge in [-0.3, -0.25) is 0 Å². The zero-order chi connectivity index (χ0) is 10.5. The Balaban J connectivity index is 2.45. The molecule has 0 N–H and O–H groups in total. The van der Waals surface area contributed by atoms with Crippen LogP contribution in [0.1, 0.15) is 0 Å². The van der Waals surface area contributed by atoms with Crippen molar-refractivity contribution in [2.45, 2.75) is 0 Å². The van der Waals surface area contributed by atoms with Crippen molar-refractivity contribution in [1.82, 2.24) is 0 Å². The van der Waals surface area contributed by atoms with Crippen molar-refractivity contribution in [3.05, 3.63) is 48.5 Å². The second-order valence-electron chi connectivity index (χ2n) is 3.92. The van der Waals surface area contributed by atoms with Crippen molar-refractivity contribution in [1.29, 1.82) is 0 Å². The van der Waals surface area contributed by atoms with Crippen molar-refractivity contribution in [2.24, 2.45) is 0 Å². The van der Waals surface area contributed by atoms with Crippen molar-refractivity contribution in [2.75, 3.05) is 0 Å². The van der Waals surface area contributed by atoms with E-state index in [0.717, 1.165) is 0 Å². The zero-order valence-electron chi connectivity index (χ0n) is 8.44. The van der Waals surface area contributed by atoms with E-state index >= 15 is 0 Å². The fraction of sp³-hybridized carbons (Fsp3) is 0. The minimum absolute atomic E-state index is 1.38.